The van der Waals surface area contributed by atoms with E-state index in [1.165, 1.54) is 0 Å². The fourth-order valence-corrected chi connectivity index (χ4v) is 1.10. The SMILES string of the molecule is O=P([O-])([O-])OP(=O)([O-])[O-].[Cu+2].[Cu+2].[O]=[W](=[O])=[O]. The van der Waals surface area contributed by atoms with Gasteiger partial charge in [-0.15, -0.1) is 0 Å². The molecular weight excluding hydrogens is 533 g/mol. The zero-order valence-corrected chi connectivity index (χ0v) is 12.6. The first kappa shape index (κ1) is 25.3. The third-order valence-electron chi connectivity index (χ3n) is 0.200. The summed E-state index contributed by atoms with van der Waals surface area (Å²) in [6, 6.07) is 0. The minimum atomic E-state index is -5.68. The molecule has 0 saturated carbocycles. The molecule has 15 heteroatoms. The Balaban J connectivity index is -0.0000000883. The van der Waals surface area contributed by atoms with Crippen molar-refractivity contribution in [1.29, 1.82) is 0 Å². The molecule has 0 aliphatic heterocycles. The first-order valence-corrected chi connectivity index (χ1v) is 8.47. The van der Waals surface area contributed by atoms with Crippen molar-refractivity contribution in [3.05, 3.63) is 0 Å². The van der Waals surface area contributed by atoms with Crippen LogP contribution in [0.5, 0.6) is 0 Å². The summed E-state index contributed by atoms with van der Waals surface area (Å²) in [5.74, 6) is 0. The van der Waals surface area contributed by atoms with Gasteiger partial charge in [0, 0.05) is 0 Å². The van der Waals surface area contributed by atoms with E-state index in [2.05, 4.69) is 4.31 Å². The van der Waals surface area contributed by atoms with Gasteiger partial charge in [0.1, 0.15) is 0 Å². The van der Waals surface area contributed by atoms with Gasteiger partial charge in [-0.2, -0.15) is 0 Å². The molecule has 0 spiro atoms. The van der Waals surface area contributed by atoms with E-state index in [0.29, 0.717) is 0 Å². The van der Waals surface area contributed by atoms with Gasteiger partial charge in [0.25, 0.3) is 0 Å². The van der Waals surface area contributed by atoms with Gasteiger partial charge in [0.15, 0.2) is 0 Å². The summed E-state index contributed by atoms with van der Waals surface area (Å²) in [5, 5.41) is 0. The van der Waals surface area contributed by atoms with E-state index in [1.807, 2.05) is 0 Å². The van der Waals surface area contributed by atoms with E-state index in [0.717, 1.165) is 0 Å². The van der Waals surface area contributed by atoms with Gasteiger partial charge in [-0.25, -0.2) is 0 Å². The van der Waals surface area contributed by atoms with Gasteiger partial charge < -0.3 is 33.0 Å². The molecule has 10 nitrogen and oxygen atoms in total. The normalized spacial score (nSPS) is 9.87. The summed E-state index contributed by atoms with van der Waals surface area (Å²) in [6.07, 6.45) is 0. The molecule has 0 aromatic heterocycles. The van der Waals surface area contributed by atoms with Crippen molar-refractivity contribution in [1.82, 2.24) is 0 Å². The van der Waals surface area contributed by atoms with Crippen molar-refractivity contribution in [3.63, 3.8) is 0 Å². The molecule has 0 rings (SSSR count). The molecule has 0 fully saturated rings. The predicted octanol–water partition coefficient (Wildman–Crippen LogP) is -3.70. The van der Waals surface area contributed by atoms with Crippen LogP contribution in [0.1, 0.15) is 0 Å². The van der Waals surface area contributed by atoms with Crippen LogP contribution in [0.4, 0.5) is 0 Å². The maximum atomic E-state index is 9.32. The number of hydrogen-bond acceptors (Lipinski definition) is 10. The van der Waals surface area contributed by atoms with Crippen LogP contribution in [0.2, 0.25) is 0 Å². The van der Waals surface area contributed by atoms with Crippen molar-refractivity contribution in [2.45, 2.75) is 0 Å². The molecule has 0 bridgehead atoms. The Bertz CT molecular complexity index is 302. The predicted molar refractivity (Wildman–Crippen MR) is 18.4 cm³/mol. The fourth-order valence-electron chi connectivity index (χ4n) is 0.122. The third kappa shape index (κ3) is 50.5. The van der Waals surface area contributed by atoms with E-state index < -0.39 is 32.8 Å². The molecular formula is Cu2O10P2W. The van der Waals surface area contributed by atoms with E-state index in [-0.39, 0.29) is 34.1 Å². The van der Waals surface area contributed by atoms with E-state index in [9.17, 15) is 28.7 Å². The topological polar surface area (TPSA) is 187 Å². The quantitative estimate of drug-likeness (QED) is 0.253. The Hall–Kier alpha value is 1.39. The molecule has 15 heavy (non-hydrogen) atoms. The summed E-state index contributed by atoms with van der Waals surface area (Å²) >= 11 is -4.28. The number of rotatable bonds is 2. The van der Waals surface area contributed by atoms with Gasteiger partial charge in [0.05, 0.1) is 15.6 Å². The number of hydrogen-bond donors (Lipinski definition) is 0. The zero-order valence-electron chi connectivity index (χ0n) is 5.99. The second-order valence-electron chi connectivity index (χ2n) is 1.18. The Morgan fingerprint density at radius 1 is 0.800 bits per heavy atom. The van der Waals surface area contributed by atoms with Gasteiger partial charge in [-0.3, -0.25) is 0 Å². The molecule has 0 saturated heterocycles. The van der Waals surface area contributed by atoms with Crippen molar-refractivity contribution >= 4 is 15.6 Å². The standard InChI is InChI=1S/2Cu.H4O7P2.3O.W/c;;1-8(2,3)7-9(4,5)6;;;;/h;;(H2,1,2,3)(H2,4,5,6);;;;/q2*+2;;;;;/p-4. The summed E-state index contributed by atoms with van der Waals surface area (Å²) in [7, 11) is -11.4. The summed E-state index contributed by atoms with van der Waals surface area (Å²) < 4.78 is 47.0. The first-order chi connectivity index (χ1) is 5.44. The molecule has 0 unspecified atom stereocenters. The van der Waals surface area contributed by atoms with Gasteiger partial charge in [-0.05, 0) is 0 Å². The van der Waals surface area contributed by atoms with Crippen LogP contribution in [0, 0.1) is 0 Å². The van der Waals surface area contributed by atoms with Crippen molar-refractivity contribution in [2.24, 2.45) is 0 Å². The first-order valence-electron chi connectivity index (χ1n) is 1.96. The van der Waals surface area contributed by atoms with Crippen molar-refractivity contribution < 1.29 is 94.5 Å². The molecule has 0 aromatic carbocycles. The molecule has 0 amide bonds. The molecule has 0 aromatic rings. The second kappa shape index (κ2) is 10.5. The average Bonchev–Trinajstić information content (AvgIpc) is 1.47. The summed E-state index contributed by atoms with van der Waals surface area (Å²) in [4.78, 5) is 37.3. The Kier molecular flexibility index (Phi) is 17.8. The Labute approximate surface area is 110 Å². The fraction of sp³-hybridized carbons (Fsp3) is 0. The minimum absolute atomic E-state index is 0. The third-order valence-corrected chi connectivity index (χ3v) is 1.80. The average molecular weight is 533 g/mol. The van der Waals surface area contributed by atoms with Crippen LogP contribution in [-0.4, -0.2) is 0 Å². The van der Waals surface area contributed by atoms with Crippen LogP contribution in [0.3, 0.4) is 0 Å². The molecule has 0 atom stereocenters. The maximum absolute atomic E-state index is 9.32. The molecule has 0 heterocycles. The van der Waals surface area contributed by atoms with E-state index in [4.69, 9.17) is 10.2 Å². The Morgan fingerprint density at radius 3 is 0.933 bits per heavy atom. The monoisotopic (exact) mass is 532 g/mol. The molecule has 0 aliphatic carbocycles. The van der Waals surface area contributed by atoms with Gasteiger partial charge >= 0.3 is 61.5 Å². The summed E-state index contributed by atoms with van der Waals surface area (Å²) in [5.41, 5.74) is 0. The second-order valence-corrected chi connectivity index (χ2v) is 5.09. The summed E-state index contributed by atoms with van der Waals surface area (Å²) in [6.45, 7) is 0. The van der Waals surface area contributed by atoms with Gasteiger partial charge in [0.2, 0.25) is 0 Å². The molecule has 98 valence electrons. The molecule has 0 N–H and O–H groups in total. The zero-order chi connectivity index (χ0) is 11.3. The molecule has 2 radical (unpaired) electrons. The van der Waals surface area contributed by atoms with Gasteiger partial charge in [-0.1, -0.05) is 0 Å². The van der Waals surface area contributed by atoms with Crippen molar-refractivity contribution in [3.8, 4) is 0 Å². The van der Waals surface area contributed by atoms with Crippen molar-refractivity contribution in [2.75, 3.05) is 0 Å². The van der Waals surface area contributed by atoms with Crippen LogP contribution >= 0.6 is 15.6 Å². The van der Waals surface area contributed by atoms with Crippen LogP contribution in [0.25, 0.3) is 0 Å². The van der Waals surface area contributed by atoms with Crippen LogP contribution in [0.15, 0.2) is 0 Å². The van der Waals surface area contributed by atoms with E-state index in [1.54, 1.807) is 0 Å². The number of phosphoric acid groups is 2. The Morgan fingerprint density at radius 2 is 0.933 bits per heavy atom. The van der Waals surface area contributed by atoms with Crippen LogP contribution < -0.4 is 19.6 Å². The van der Waals surface area contributed by atoms with Crippen LogP contribution in [-0.2, 0) is 75.0 Å². The van der Waals surface area contributed by atoms with E-state index >= 15 is 0 Å². The molecule has 0 aliphatic rings.